The number of nitrogens with one attached hydrogen (secondary N) is 3. The minimum atomic E-state index is -0.595. The normalized spacial score (nSPS) is 11.1. The third-order valence-electron chi connectivity index (χ3n) is 4.30. The van der Waals surface area contributed by atoms with E-state index in [4.69, 9.17) is 0 Å². The molecule has 0 saturated carbocycles. The molecule has 30 heavy (non-hydrogen) atoms. The maximum absolute atomic E-state index is 12.9. The number of halogens is 1. The van der Waals surface area contributed by atoms with E-state index < -0.39 is 5.41 Å². The molecule has 3 aromatic rings. The van der Waals surface area contributed by atoms with Gasteiger partial charge >= 0.3 is 0 Å². The first-order valence-corrected chi connectivity index (χ1v) is 9.52. The Balaban J connectivity index is 1.65. The molecule has 0 aliphatic rings. The highest BCUT2D eigenvalue weighted by molar-refractivity contribution is 5.93. The summed E-state index contributed by atoms with van der Waals surface area (Å²) >= 11 is 0. The van der Waals surface area contributed by atoms with Gasteiger partial charge in [-0.1, -0.05) is 38.7 Å². The van der Waals surface area contributed by atoms with Crippen LogP contribution in [0.4, 0.5) is 10.3 Å². The van der Waals surface area contributed by atoms with E-state index in [1.807, 2.05) is 6.07 Å². The molecule has 0 fully saturated rings. The number of amides is 1. The number of anilines is 1. The molecule has 0 bridgehead atoms. The highest BCUT2D eigenvalue weighted by Gasteiger charge is 2.22. The van der Waals surface area contributed by atoms with Crippen molar-refractivity contribution in [1.82, 2.24) is 15.3 Å². The van der Waals surface area contributed by atoms with Crippen LogP contribution in [0.1, 0.15) is 31.9 Å². The zero-order valence-electron chi connectivity index (χ0n) is 17.1. The second kappa shape index (κ2) is 8.89. The lowest BCUT2D eigenvalue weighted by Gasteiger charge is -2.17. The minimum absolute atomic E-state index is 0.134. The molecule has 0 atom stereocenters. The maximum Gasteiger partial charge on any atom is 0.260 e. The molecule has 3 N–H and O–H groups in total. The molecular formula is C23H23FN4O2. The van der Waals surface area contributed by atoms with E-state index in [1.165, 1.54) is 12.1 Å². The van der Waals surface area contributed by atoms with Crippen LogP contribution in [0.2, 0.25) is 0 Å². The summed E-state index contributed by atoms with van der Waals surface area (Å²) in [5.41, 5.74) is 1.24. The second-order valence-electron chi connectivity index (χ2n) is 7.88. The van der Waals surface area contributed by atoms with Crippen LogP contribution in [-0.4, -0.2) is 22.4 Å². The lowest BCUT2D eigenvalue weighted by Crippen LogP contribution is -2.29. The number of carbonyl (C=O) groups excluding carboxylic acids is 1. The average Bonchev–Trinajstić information content (AvgIpc) is 2.69. The fourth-order valence-electron chi connectivity index (χ4n) is 2.60. The van der Waals surface area contributed by atoms with Gasteiger partial charge in [0.2, 0.25) is 11.9 Å². The minimum Gasteiger partial charge on any atom is -0.302 e. The topological polar surface area (TPSA) is 86.9 Å². The first-order valence-electron chi connectivity index (χ1n) is 9.52. The second-order valence-corrected chi connectivity index (χ2v) is 7.88. The molecule has 1 aromatic heterocycles. The summed E-state index contributed by atoms with van der Waals surface area (Å²) in [4.78, 5) is 31.5. The predicted molar refractivity (Wildman–Crippen MR) is 115 cm³/mol. The Morgan fingerprint density at radius 2 is 1.90 bits per heavy atom. The molecule has 154 valence electrons. The fourth-order valence-corrected chi connectivity index (χ4v) is 2.60. The summed E-state index contributed by atoms with van der Waals surface area (Å²) in [5.74, 6) is 5.54. The highest BCUT2D eigenvalue weighted by atomic mass is 19.1. The molecular weight excluding hydrogens is 383 g/mol. The van der Waals surface area contributed by atoms with Crippen LogP contribution in [0.15, 0.2) is 47.3 Å². The Morgan fingerprint density at radius 3 is 2.60 bits per heavy atom. The number of hydrogen-bond donors (Lipinski definition) is 3. The monoisotopic (exact) mass is 406 g/mol. The third kappa shape index (κ3) is 5.52. The van der Waals surface area contributed by atoms with Crippen molar-refractivity contribution in [2.45, 2.75) is 27.3 Å². The lowest BCUT2D eigenvalue weighted by molar-refractivity contribution is -0.123. The van der Waals surface area contributed by atoms with Gasteiger partial charge in [-0.15, -0.1) is 0 Å². The van der Waals surface area contributed by atoms with E-state index in [1.54, 1.807) is 45.0 Å². The summed E-state index contributed by atoms with van der Waals surface area (Å²) in [6.07, 6.45) is 0. The van der Waals surface area contributed by atoms with Crippen LogP contribution in [0, 0.1) is 23.1 Å². The van der Waals surface area contributed by atoms with Gasteiger partial charge in [-0.3, -0.25) is 19.9 Å². The Hall–Kier alpha value is -3.50. The van der Waals surface area contributed by atoms with Crippen LogP contribution in [0.25, 0.3) is 10.9 Å². The predicted octanol–water partition coefficient (Wildman–Crippen LogP) is 3.19. The number of hydrogen-bond acceptors (Lipinski definition) is 4. The number of carbonyl (C=O) groups is 1. The molecule has 0 saturated heterocycles. The van der Waals surface area contributed by atoms with Crippen LogP contribution in [0.5, 0.6) is 0 Å². The Bertz CT molecular complexity index is 1180. The molecule has 0 spiro atoms. The van der Waals surface area contributed by atoms with Gasteiger partial charge in [-0.2, -0.15) is 0 Å². The number of fused-ring (bicyclic) bond motifs is 1. The van der Waals surface area contributed by atoms with Gasteiger partial charge in [-0.25, -0.2) is 9.37 Å². The molecule has 6 nitrogen and oxygen atoms in total. The summed E-state index contributed by atoms with van der Waals surface area (Å²) in [5, 5.41) is 6.27. The van der Waals surface area contributed by atoms with E-state index in [0.717, 1.165) is 11.1 Å². The van der Waals surface area contributed by atoms with Crippen LogP contribution in [-0.2, 0) is 11.3 Å². The van der Waals surface area contributed by atoms with E-state index in [-0.39, 0.29) is 23.2 Å². The fraction of sp³-hybridized carbons (Fsp3) is 0.261. The quantitative estimate of drug-likeness (QED) is 0.459. The van der Waals surface area contributed by atoms with Crippen LogP contribution < -0.4 is 16.2 Å². The molecule has 1 amide bonds. The highest BCUT2D eigenvalue weighted by Crippen LogP contribution is 2.16. The molecule has 0 radical (unpaired) electrons. The van der Waals surface area contributed by atoms with Gasteiger partial charge in [-0.05, 0) is 42.0 Å². The van der Waals surface area contributed by atoms with Crippen molar-refractivity contribution in [3.05, 3.63) is 69.8 Å². The van der Waals surface area contributed by atoms with E-state index in [0.29, 0.717) is 24.0 Å². The molecule has 2 aromatic carbocycles. The van der Waals surface area contributed by atoms with Crippen molar-refractivity contribution >= 4 is 22.8 Å². The average molecular weight is 406 g/mol. The van der Waals surface area contributed by atoms with Crippen molar-refractivity contribution in [2.24, 2.45) is 5.41 Å². The van der Waals surface area contributed by atoms with Crippen molar-refractivity contribution in [2.75, 3.05) is 11.9 Å². The molecule has 1 heterocycles. The first-order chi connectivity index (χ1) is 14.2. The maximum atomic E-state index is 12.9. The van der Waals surface area contributed by atoms with Gasteiger partial charge < -0.3 is 5.32 Å². The Morgan fingerprint density at radius 1 is 1.17 bits per heavy atom. The molecule has 0 aliphatic heterocycles. The number of aromatic nitrogens is 2. The molecule has 0 unspecified atom stereocenters. The number of rotatable bonds is 4. The number of nitrogens with zero attached hydrogens (tertiary/aromatic N) is 1. The SMILES string of the molecule is CC(C)(C)C(=O)Nc1nc2ccc(CNCC#Cc3ccc(F)cc3)cc2c(=O)[nH]1. The third-order valence-corrected chi connectivity index (χ3v) is 4.30. The standard InChI is InChI=1S/C23H23FN4O2/c1-23(2,3)21(30)28-22-26-19-11-8-16(13-18(19)20(29)27-22)14-25-12-4-5-15-6-9-17(24)10-7-15/h6-11,13,25H,12,14H2,1-3H3,(H2,26,27,28,29,30). The van der Waals surface area contributed by atoms with E-state index in [2.05, 4.69) is 32.4 Å². The van der Waals surface area contributed by atoms with Crippen LogP contribution in [0.3, 0.4) is 0 Å². The molecule has 7 heteroatoms. The van der Waals surface area contributed by atoms with Crippen molar-refractivity contribution in [3.8, 4) is 11.8 Å². The van der Waals surface area contributed by atoms with E-state index in [9.17, 15) is 14.0 Å². The van der Waals surface area contributed by atoms with Crippen LogP contribution >= 0.6 is 0 Å². The zero-order chi connectivity index (χ0) is 21.7. The molecule has 0 aliphatic carbocycles. The summed E-state index contributed by atoms with van der Waals surface area (Å²) in [6, 6.07) is 11.4. The first kappa shape index (κ1) is 21.2. The van der Waals surface area contributed by atoms with E-state index >= 15 is 0 Å². The van der Waals surface area contributed by atoms with Crippen molar-refractivity contribution in [1.29, 1.82) is 0 Å². The Kier molecular flexibility index (Phi) is 6.28. The summed E-state index contributed by atoms with van der Waals surface area (Å²) in [7, 11) is 0. The number of aromatic amines is 1. The molecule has 3 rings (SSSR count). The zero-order valence-corrected chi connectivity index (χ0v) is 17.1. The largest absolute Gasteiger partial charge is 0.302 e. The van der Waals surface area contributed by atoms with Gasteiger partial charge in [0.1, 0.15) is 5.82 Å². The van der Waals surface area contributed by atoms with Crippen molar-refractivity contribution < 1.29 is 9.18 Å². The van der Waals surface area contributed by atoms with Gasteiger partial charge in [0.15, 0.2) is 0 Å². The number of H-pyrrole nitrogens is 1. The smallest absolute Gasteiger partial charge is 0.260 e. The van der Waals surface area contributed by atoms with Gasteiger partial charge in [0.05, 0.1) is 17.4 Å². The number of benzene rings is 2. The van der Waals surface area contributed by atoms with Crippen molar-refractivity contribution in [3.63, 3.8) is 0 Å². The summed E-state index contributed by atoms with van der Waals surface area (Å²) in [6.45, 7) is 6.32. The summed E-state index contributed by atoms with van der Waals surface area (Å²) < 4.78 is 12.9. The Labute approximate surface area is 173 Å². The van der Waals surface area contributed by atoms with Gasteiger partial charge in [0.25, 0.3) is 5.56 Å². The van der Waals surface area contributed by atoms with Gasteiger partial charge in [0, 0.05) is 17.5 Å². The lowest BCUT2D eigenvalue weighted by atomic mass is 9.96.